The Morgan fingerprint density at radius 1 is 1.44 bits per heavy atom. The SMILES string of the molecule is CC(=O)C1(C)OCCO1. The van der Waals surface area contributed by atoms with Gasteiger partial charge in [0, 0.05) is 6.92 Å². The molecule has 0 spiro atoms. The zero-order valence-electron chi connectivity index (χ0n) is 5.64. The highest BCUT2D eigenvalue weighted by Crippen LogP contribution is 2.18. The Morgan fingerprint density at radius 2 is 1.89 bits per heavy atom. The van der Waals surface area contributed by atoms with Crippen LogP contribution >= 0.6 is 0 Å². The summed E-state index contributed by atoms with van der Waals surface area (Å²) in [5, 5.41) is 0. The van der Waals surface area contributed by atoms with Crippen LogP contribution in [0.1, 0.15) is 13.8 Å². The Balaban J connectivity index is 2.61. The first kappa shape index (κ1) is 6.71. The molecule has 1 saturated heterocycles. The van der Waals surface area contributed by atoms with Crippen molar-refractivity contribution in [3.8, 4) is 0 Å². The van der Waals surface area contributed by atoms with E-state index < -0.39 is 5.79 Å². The minimum atomic E-state index is -0.944. The molecule has 3 heteroatoms. The van der Waals surface area contributed by atoms with Crippen LogP contribution in [-0.4, -0.2) is 24.8 Å². The number of carbonyl (C=O) groups is 1. The minimum absolute atomic E-state index is 0.0694. The highest BCUT2D eigenvalue weighted by atomic mass is 16.7. The van der Waals surface area contributed by atoms with E-state index in [9.17, 15) is 4.79 Å². The van der Waals surface area contributed by atoms with Crippen LogP contribution in [0.3, 0.4) is 0 Å². The zero-order valence-corrected chi connectivity index (χ0v) is 5.64. The summed E-state index contributed by atoms with van der Waals surface area (Å²) in [7, 11) is 0. The van der Waals surface area contributed by atoms with Gasteiger partial charge in [-0.05, 0) is 6.92 Å². The van der Waals surface area contributed by atoms with Gasteiger partial charge < -0.3 is 9.47 Å². The second-order valence-corrected chi connectivity index (χ2v) is 2.20. The third-order valence-electron chi connectivity index (χ3n) is 1.48. The van der Waals surface area contributed by atoms with Crippen LogP contribution in [0.25, 0.3) is 0 Å². The van der Waals surface area contributed by atoms with Crippen molar-refractivity contribution < 1.29 is 14.3 Å². The van der Waals surface area contributed by atoms with Crippen molar-refractivity contribution in [2.75, 3.05) is 13.2 Å². The van der Waals surface area contributed by atoms with Crippen LogP contribution in [-0.2, 0) is 14.3 Å². The summed E-state index contributed by atoms with van der Waals surface area (Å²) in [6.07, 6.45) is 0. The van der Waals surface area contributed by atoms with Crippen molar-refractivity contribution in [2.45, 2.75) is 19.6 Å². The summed E-state index contributed by atoms with van der Waals surface area (Å²) >= 11 is 0. The Morgan fingerprint density at radius 3 is 2.11 bits per heavy atom. The first-order chi connectivity index (χ1) is 4.15. The number of Topliss-reactive ketones (excluding diaryl/α,β-unsaturated/α-hetero) is 1. The van der Waals surface area contributed by atoms with E-state index in [-0.39, 0.29) is 5.78 Å². The third-order valence-corrected chi connectivity index (χ3v) is 1.48. The molecule has 0 radical (unpaired) electrons. The van der Waals surface area contributed by atoms with Gasteiger partial charge in [0.25, 0.3) is 0 Å². The van der Waals surface area contributed by atoms with Crippen LogP contribution < -0.4 is 0 Å². The molecule has 0 bridgehead atoms. The number of ether oxygens (including phenoxy) is 2. The van der Waals surface area contributed by atoms with Gasteiger partial charge in [-0.1, -0.05) is 0 Å². The highest BCUT2D eigenvalue weighted by Gasteiger charge is 2.35. The summed E-state index contributed by atoms with van der Waals surface area (Å²) in [6.45, 7) is 4.15. The largest absolute Gasteiger partial charge is 0.341 e. The Hall–Kier alpha value is -0.410. The molecule has 9 heavy (non-hydrogen) atoms. The lowest BCUT2D eigenvalue weighted by Crippen LogP contribution is -2.33. The zero-order chi connectivity index (χ0) is 6.91. The second kappa shape index (κ2) is 2.08. The minimum Gasteiger partial charge on any atom is -0.341 e. The van der Waals surface area contributed by atoms with Crippen molar-refractivity contribution in [3.05, 3.63) is 0 Å². The van der Waals surface area contributed by atoms with Crippen LogP contribution in [0.4, 0.5) is 0 Å². The Labute approximate surface area is 53.9 Å². The first-order valence-electron chi connectivity index (χ1n) is 2.94. The van der Waals surface area contributed by atoms with Crippen molar-refractivity contribution in [3.63, 3.8) is 0 Å². The summed E-state index contributed by atoms with van der Waals surface area (Å²) in [5.74, 6) is -1.01. The van der Waals surface area contributed by atoms with Gasteiger partial charge in [0.2, 0.25) is 5.79 Å². The fourth-order valence-electron chi connectivity index (χ4n) is 0.718. The van der Waals surface area contributed by atoms with E-state index in [0.717, 1.165) is 0 Å². The average molecular weight is 130 g/mol. The average Bonchev–Trinajstić information content (AvgIpc) is 2.16. The quantitative estimate of drug-likeness (QED) is 0.513. The molecule has 3 nitrogen and oxygen atoms in total. The summed E-state index contributed by atoms with van der Waals surface area (Å²) in [4.78, 5) is 10.7. The molecule has 0 saturated carbocycles. The molecule has 0 aromatic carbocycles. The van der Waals surface area contributed by atoms with Gasteiger partial charge in [0.1, 0.15) is 0 Å². The maximum atomic E-state index is 10.7. The first-order valence-corrected chi connectivity index (χ1v) is 2.94. The van der Waals surface area contributed by atoms with Gasteiger partial charge in [-0.15, -0.1) is 0 Å². The lowest BCUT2D eigenvalue weighted by atomic mass is 10.2. The number of carbonyl (C=O) groups excluding carboxylic acids is 1. The van der Waals surface area contributed by atoms with Crippen LogP contribution in [0.5, 0.6) is 0 Å². The summed E-state index contributed by atoms with van der Waals surface area (Å²) in [5.41, 5.74) is 0. The number of ketones is 1. The fraction of sp³-hybridized carbons (Fsp3) is 0.833. The Bertz CT molecular complexity index is 124. The monoisotopic (exact) mass is 130 g/mol. The molecule has 0 aromatic heterocycles. The molecule has 0 N–H and O–H groups in total. The smallest absolute Gasteiger partial charge is 0.225 e. The molecule has 0 aliphatic carbocycles. The van der Waals surface area contributed by atoms with Crippen molar-refractivity contribution in [2.24, 2.45) is 0 Å². The number of hydrogen-bond acceptors (Lipinski definition) is 3. The lowest BCUT2D eigenvalue weighted by Gasteiger charge is -2.17. The van der Waals surface area contributed by atoms with E-state index in [1.54, 1.807) is 6.92 Å². The van der Waals surface area contributed by atoms with E-state index in [2.05, 4.69) is 0 Å². The standard InChI is InChI=1S/C6H10O3/c1-5(7)6(2)8-3-4-9-6/h3-4H2,1-2H3. The van der Waals surface area contributed by atoms with Gasteiger partial charge in [0.15, 0.2) is 5.78 Å². The van der Waals surface area contributed by atoms with Crippen LogP contribution in [0, 0.1) is 0 Å². The van der Waals surface area contributed by atoms with Crippen molar-refractivity contribution >= 4 is 5.78 Å². The van der Waals surface area contributed by atoms with Gasteiger partial charge in [-0.3, -0.25) is 4.79 Å². The normalized spacial score (nSPS) is 24.2. The van der Waals surface area contributed by atoms with E-state index in [0.29, 0.717) is 13.2 Å². The molecular weight excluding hydrogens is 120 g/mol. The molecular formula is C6H10O3. The van der Waals surface area contributed by atoms with E-state index in [1.807, 2.05) is 0 Å². The van der Waals surface area contributed by atoms with E-state index >= 15 is 0 Å². The lowest BCUT2D eigenvalue weighted by molar-refractivity contribution is -0.171. The highest BCUT2D eigenvalue weighted by molar-refractivity contribution is 5.83. The number of hydrogen-bond donors (Lipinski definition) is 0. The molecule has 52 valence electrons. The fourth-order valence-corrected chi connectivity index (χ4v) is 0.718. The molecule has 1 heterocycles. The van der Waals surface area contributed by atoms with E-state index in [1.165, 1.54) is 6.92 Å². The third kappa shape index (κ3) is 1.11. The van der Waals surface area contributed by atoms with Crippen molar-refractivity contribution in [1.82, 2.24) is 0 Å². The topological polar surface area (TPSA) is 35.5 Å². The predicted octanol–water partition coefficient (Wildman–Crippen LogP) is 0.338. The predicted molar refractivity (Wildman–Crippen MR) is 31.0 cm³/mol. The summed E-state index contributed by atoms with van der Waals surface area (Å²) in [6, 6.07) is 0. The molecule has 0 amide bonds. The van der Waals surface area contributed by atoms with Crippen LogP contribution in [0.2, 0.25) is 0 Å². The van der Waals surface area contributed by atoms with Gasteiger partial charge in [0.05, 0.1) is 13.2 Å². The molecule has 0 atom stereocenters. The summed E-state index contributed by atoms with van der Waals surface area (Å²) < 4.78 is 10.1. The maximum Gasteiger partial charge on any atom is 0.225 e. The molecule has 1 aliphatic heterocycles. The molecule has 1 fully saturated rings. The maximum absolute atomic E-state index is 10.7. The Kier molecular flexibility index (Phi) is 1.55. The van der Waals surface area contributed by atoms with Crippen molar-refractivity contribution in [1.29, 1.82) is 0 Å². The molecule has 1 aliphatic rings. The molecule has 1 rings (SSSR count). The van der Waals surface area contributed by atoms with E-state index in [4.69, 9.17) is 9.47 Å². The van der Waals surface area contributed by atoms with Crippen LogP contribution in [0.15, 0.2) is 0 Å². The molecule has 0 unspecified atom stereocenters. The number of rotatable bonds is 1. The van der Waals surface area contributed by atoms with Gasteiger partial charge >= 0.3 is 0 Å². The second-order valence-electron chi connectivity index (χ2n) is 2.20. The van der Waals surface area contributed by atoms with Gasteiger partial charge in [-0.25, -0.2) is 0 Å². The van der Waals surface area contributed by atoms with Gasteiger partial charge in [-0.2, -0.15) is 0 Å². The molecule has 0 aromatic rings.